The normalized spacial score (nSPS) is 22.1. The molecule has 1 aliphatic rings. The van der Waals surface area contributed by atoms with E-state index < -0.39 is 0 Å². The van der Waals surface area contributed by atoms with Gasteiger partial charge in [0.15, 0.2) is 5.78 Å². The van der Waals surface area contributed by atoms with E-state index in [1.54, 1.807) is 0 Å². The van der Waals surface area contributed by atoms with Crippen LogP contribution in [0.4, 0.5) is 0 Å². The molecule has 0 spiro atoms. The molecule has 2 rings (SSSR count). The van der Waals surface area contributed by atoms with Crippen LogP contribution in [0.1, 0.15) is 16.1 Å². The smallest absolute Gasteiger partial charge is 0.178 e. The Morgan fingerprint density at radius 1 is 1.62 bits per heavy atom. The summed E-state index contributed by atoms with van der Waals surface area (Å²) in [4.78, 5) is 12.6. The first-order valence-electron chi connectivity index (χ1n) is 4.14. The second-order valence-corrected chi connectivity index (χ2v) is 5.49. The summed E-state index contributed by atoms with van der Waals surface area (Å²) in [7, 11) is 0. The molecule has 0 unspecified atom stereocenters. The Bertz CT molecular complexity index is 315. The molecule has 0 amide bonds. The van der Waals surface area contributed by atoms with Crippen molar-refractivity contribution in [2.24, 2.45) is 5.92 Å². The standard InChI is InChI=1S/C9H9BrO2S/c10-8-2-1-7(13-8)9(11)6-3-4-12-5-6/h1-2,6H,3-5H2/t6-/m1/s1. The van der Waals surface area contributed by atoms with Gasteiger partial charge in [0, 0.05) is 12.5 Å². The van der Waals surface area contributed by atoms with Crippen LogP contribution in [-0.2, 0) is 4.74 Å². The summed E-state index contributed by atoms with van der Waals surface area (Å²) >= 11 is 4.84. The van der Waals surface area contributed by atoms with E-state index in [-0.39, 0.29) is 11.7 Å². The SMILES string of the molecule is O=C(c1ccc(Br)s1)[C@@H]1CCOC1. The van der Waals surface area contributed by atoms with E-state index in [4.69, 9.17) is 4.74 Å². The summed E-state index contributed by atoms with van der Waals surface area (Å²) < 4.78 is 6.19. The first kappa shape index (κ1) is 9.37. The molecule has 1 aromatic heterocycles. The summed E-state index contributed by atoms with van der Waals surface area (Å²) in [6, 6.07) is 3.78. The fourth-order valence-electron chi connectivity index (χ4n) is 1.39. The third-order valence-corrected chi connectivity index (χ3v) is 3.75. The van der Waals surface area contributed by atoms with Gasteiger partial charge in [-0.25, -0.2) is 0 Å². The van der Waals surface area contributed by atoms with Gasteiger partial charge in [-0.2, -0.15) is 0 Å². The van der Waals surface area contributed by atoms with E-state index in [1.807, 2.05) is 12.1 Å². The van der Waals surface area contributed by atoms with E-state index in [0.717, 1.165) is 21.7 Å². The molecule has 0 N–H and O–H groups in total. The molecule has 1 fully saturated rings. The first-order chi connectivity index (χ1) is 6.27. The van der Waals surface area contributed by atoms with Gasteiger partial charge in [0.1, 0.15) is 0 Å². The molecule has 2 nitrogen and oxygen atoms in total. The first-order valence-corrected chi connectivity index (χ1v) is 5.75. The van der Waals surface area contributed by atoms with Crippen LogP contribution >= 0.6 is 27.3 Å². The Morgan fingerprint density at radius 2 is 2.46 bits per heavy atom. The lowest BCUT2D eigenvalue weighted by atomic mass is 10.0. The minimum absolute atomic E-state index is 0.0885. The zero-order chi connectivity index (χ0) is 9.26. The van der Waals surface area contributed by atoms with E-state index in [0.29, 0.717) is 6.61 Å². The predicted octanol–water partition coefficient (Wildman–Crippen LogP) is 2.73. The molecular weight excluding hydrogens is 252 g/mol. The molecule has 13 heavy (non-hydrogen) atoms. The third-order valence-electron chi connectivity index (χ3n) is 2.12. The van der Waals surface area contributed by atoms with Gasteiger partial charge in [0.25, 0.3) is 0 Å². The maximum atomic E-state index is 11.8. The highest BCUT2D eigenvalue weighted by molar-refractivity contribution is 9.11. The number of ether oxygens (including phenoxy) is 1. The van der Waals surface area contributed by atoms with Crippen molar-refractivity contribution in [3.05, 3.63) is 20.8 Å². The van der Waals surface area contributed by atoms with Crippen molar-refractivity contribution in [2.75, 3.05) is 13.2 Å². The van der Waals surface area contributed by atoms with Gasteiger partial charge in [-0.15, -0.1) is 11.3 Å². The maximum absolute atomic E-state index is 11.8. The van der Waals surface area contributed by atoms with Crippen LogP contribution in [0, 0.1) is 5.92 Å². The number of hydrogen-bond acceptors (Lipinski definition) is 3. The average Bonchev–Trinajstić information content (AvgIpc) is 2.72. The molecule has 0 aromatic carbocycles. The molecule has 2 heterocycles. The lowest BCUT2D eigenvalue weighted by molar-refractivity contribution is 0.0904. The Labute approximate surface area is 89.0 Å². The van der Waals surface area contributed by atoms with Crippen LogP contribution in [-0.4, -0.2) is 19.0 Å². The number of halogens is 1. The maximum Gasteiger partial charge on any atom is 0.178 e. The number of hydrogen-bond donors (Lipinski definition) is 0. The predicted molar refractivity (Wildman–Crippen MR) is 55.3 cm³/mol. The van der Waals surface area contributed by atoms with Crippen molar-refractivity contribution >= 4 is 33.0 Å². The van der Waals surface area contributed by atoms with Crippen molar-refractivity contribution in [3.8, 4) is 0 Å². The van der Waals surface area contributed by atoms with E-state index >= 15 is 0 Å². The fourth-order valence-corrected chi connectivity index (χ4v) is 2.79. The van der Waals surface area contributed by atoms with Crippen LogP contribution in [0.25, 0.3) is 0 Å². The van der Waals surface area contributed by atoms with E-state index in [2.05, 4.69) is 15.9 Å². The fraction of sp³-hybridized carbons (Fsp3) is 0.444. The van der Waals surface area contributed by atoms with Gasteiger partial charge in [-0.05, 0) is 34.5 Å². The summed E-state index contributed by atoms with van der Waals surface area (Å²) in [6.45, 7) is 1.32. The minimum Gasteiger partial charge on any atom is -0.381 e. The van der Waals surface area contributed by atoms with Gasteiger partial charge in [-0.1, -0.05) is 0 Å². The monoisotopic (exact) mass is 260 g/mol. The lowest BCUT2D eigenvalue weighted by Gasteiger charge is -2.02. The number of carbonyl (C=O) groups excluding carboxylic acids is 1. The molecule has 70 valence electrons. The highest BCUT2D eigenvalue weighted by Crippen LogP contribution is 2.26. The largest absolute Gasteiger partial charge is 0.381 e. The van der Waals surface area contributed by atoms with Gasteiger partial charge in [-0.3, -0.25) is 4.79 Å². The van der Waals surface area contributed by atoms with Crippen LogP contribution in [0.5, 0.6) is 0 Å². The highest BCUT2D eigenvalue weighted by atomic mass is 79.9. The summed E-state index contributed by atoms with van der Waals surface area (Å²) in [5.41, 5.74) is 0. The zero-order valence-corrected chi connectivity index (χ0v) is 9.36. The number of ketones is 1. The molecule has 0 bridgehead atoms. The second kappa shape index (κ2) is 3.90. The molecule has 4 heteroatoms. The minimum atomic E-state index is 0.0885. The highest BCUT2D eigenvalue weighted by Gasteiger charge is 2.25. The zero-order valence-electron chi connectivity index (χ0n) is 6.96. The number of Topliss-reactive ketones (excluding diaryl/α,β-unsaturated/α-hetero) is 1. The van der Waals surface area contributed by atoms with Crippen LogP contribution in [0.3, 0.4) is 0 Å². The van der Waals surface area contributed by atoms with Gasteiger partial charge < -0.3 is 4.74 Å². The van der Waals surface area contributed by atoms with Crippen molar-refractivity contribution in [3.63, 3.8) is 0 Å². The van der Waals surface area contributed by atoms with Gasteiger partial charge >= 0.3 is 0 Å². The topological polar surface area (TPSA) is 26.3 Å². The Balaban J connectivity index is 2.12. The molecule has 0 aliphatic carbocycles. The summed E-state index contributed by atoms with van der Waals surface area (Å²) in [6.07, 6.45) is 0.869. The molecular formula is C9H9BrO2S. The van der Waals surface area contributed by atoms with Crippen molar-refractivity contribution < 1.29 is 9.53 Å². The van der Waals surface area contributed by atoms with E-state index in [9.17, 15) is 4.79 Å². The Morgan fingerprint density at radius 3 is 3.00 bits per heavy atom. The molecule has 1 aromatic rings. The Kier molecular flexibility index (Phi) is 2.81. The van der Waals surface area contributed by atoms with Gasteiger partial charge in [0.2, 0.25) is 0 Å². The van der Waals surface area contributed by atoms with Crippen molar-refractivity contribution in [1.82, 2.24) is 0 Å². The number of carbonyl (C=O) groups is 1. The van der Waals surface area contributed by atoms with Gasteiger partial charge in [0.05, 0.1) is 15.3 Å². The quantitative estimate of drug-likeness (QED) is 0.765. The summed E-state index contributed by atoms with van der Waals surface area (Å²) in [5, 5.41) is 0. The number of rotatable bonds is 2. The van der Waals surface area contributed by atoms with Crippen LogP contribution in [0.2, 0.25) is 0 Å². The number of thiophene rings is 1. The lowest BCUT2D eigenvalue weighted by Crippen LogP contribution is -2.12. The van der Waals surface area contributed by atoms with Crippen LogP contribution in [0.15, 0.2) is 15.9 Å². The molecule has 1 atom stereocenters. The molecule has 1 aliphatic heterocycles. The second-order valence-electron chi connectivity index (χ2n) is 3.03. The molecule has 1 saturated heterocycles. The van der Waals surface area contributed by atoms with E-state index in [1.165, 1.54) is 11.3 Å². The third kappa shape index (κ3) is 2.00. The summed E-state index contributed by atoms with van der Waals surface area (Å²) in [5.74, 6) is 0.318. The molecule has 0 radical (unpaired) electrons. The van der Waals surface area contributed by atoms with Crippen molar-refractivity contribution in [2.45, 2.75) is 6.42 Å². The molecule has 0 saturated carbocycles. The Hall–Kier alpha value is -0.190. The van der Waals surface area contributed by atoms with Crippen molar-refractivity contribution in [1.29, 1.82) is 0 Å². The van der Waals surface area contributed by atoms with Crippen LogP contribution < -0.4 is 0 Å². The average molecular weight is 261 g/mol.